The van der Waals surface area contributed by atoms with E-state index >= 15 is 0 Å². The van der Waals surface area contributed by atoms with Crippen LogP contribution in [0, 0.1) is 5.82 Å². The predicted octanol–water partition coefficient (Wildman–Crippen LogP) is 1.86. The summed E-state index contributed by atoms with van der Waals surface area (Å²) < 4.78 is 21.0. The maximum atomic E-state index is 14.1. The van der Waals surface area contributed by atoms with Crippen LogP contribution >= 0.6 is 39.1 Å². The minimum Gasteiger partial charge on any atom is -0.388 e. The summed E-state index contributed by atoms with van der Waals surface area (Å²) in [5.74, 6) is -0.797. The SMILES string of the molecule is O[C@@H]1[C@H](O)COC(n2c(Br)nc3c(F)c(Cl)c(Cl)cc32)[C@@H]1O. The summed E-state index contributed by atoms with van der Waals surface area (Å²) in [6.07, 6.45) is -5.13. The minimum atomic E-state index is -1.44. The summed E-state index contributed by atoms with van der Waals surface area (Å²) in [6, 6.07) is 1.38. The molecule has 6 nitrogen and oxygen atoms in total. The molecule has 3 rings (SSSR count). The fraction of sp³-hybridized carbons (Fsp3) is 0.417. The number of aromatic nitrogens is 2. The molecule has 0 radical (unpaired) electrons. The van der Waals surface area contributed by atoms with E-state index in [1.54, 1.807) is 0 Å². The number of hydrogen-bond acceptors (Lipinski definition) is 5. The third-order valence-electron chi connectivity index (χ3n) is 3.51. The Morgan fingerprint density at radius 3 is 2.68 bits per heavy atom. The Morgan fingerprint density at radius 1 is 1.32 bits per heavy atom. The summed E-state index contributed by atoms with van der Waals surface area (Å²) in [5, 5.41) is 29.1. The van der Waals surface area contributed by atoms with Gasteiger partial charge in [-0.15, -0.1) is 0 Å². The van der Waals surface area contributed by atoms with Crippen LogP contribution in [0.2, 0.25) is 10.0 Å². The first kappa shape index (κ1) is 16.4. The molecule has 2 aromatic rings. The largest absolute Gasteiger partial charge is 0.388 e. The predicted molar refractivity (Wildman–Crippen MR) is 80.4 cm³/mol. The average molecular weight is 416 g/mol. The molecule has 1 fully saturated rings. The monoisotopic (exact) mass is 414 g/mol. The topological polar surface area (TPSA) is 87.7 Å². The van der Waals surface area contributed by atoms with E-state index in [9.17, 15) is 19.7 Å². The molecular weight excluding hydrogens is 406 g/mol. The first-order valence-electron chi connectivity index (χ1n) is 6.19. The highest BCUT2D eigenvalue weighted by Gasteiger charge is 2.40. The van der Waals surface area contributed by atoms with E-state index in [-0.39, 0.29) is 32.4 Å². The Hall–Kier alpha value is -0.480. The molecule has 3 N–H and O–H groups in total. The van der Waals surface area contributed by atoms with Gasteiger partial charge in [0.15, 0.2) is 16.8 Å². The lowest BCUT2D eigenvalue weighted by Crippen LogP contribution is -2.50. The van der Waals surface area contributed by atoms with E-state index in [1.165, 1.54) is 10.6 Å². The van der Waals surface area contributed by atoms with Gasteiger partial charge >= 0.3 is 0 Å². The molecule has 1 aromatic carbocycles. The van der Waals surface area contributed by atoms with Crippen LogP contribution in [0.4, 0.5) is 4.39 Å². The second-order valence-electron chi connectivity index (χ2n) is 4.88. The fourth-order valence-corrected chi connectivity index (χ4v) is 3.27. The minimum absolute atomic E-state index is 0.0220. The molecule has 1 saturated heterocycles. The number of halogens is 4. The van der Waals surface area contributed by atoms with Gasteiger partial charge in [0.1, 0.15) is 23.8 Å². The van der Waals surface area contributed by atoms with Gasteiger partial charge in [0.05, 0.1) is 22.2 Å². The van der Waals surface area contributed by atoms with Crippen LogP contribution in [0.15, 0.2) is 10.8 Å². The maximum absolute atomic E-state index is 14.1. The Labute approximate surface area is 142 Å². The second kappa shape index (κ2) is 5.86. The first-order chi connectivity index (χ1) is 10.3. The molecule has 1 aliphatic rings. The van der Waals surface area contributed by atoms with Gasteiger partial charge in [-0.1, -0.05) is 23.2 Å². The van der Waals surface area contributed by atoms with E-state index in [2.05, 4.69) is 20.9 Å². The molecule has 22 heavy (non-hydrogen) atoms. The van der Waals surface area contributed by atoms with Crippen LogP contribution in [-0.2, 0) is 4.74 Å². The zero-order valence-electron chi connectivity index (χ0n) is 10.8. The average Bonchev–Trinajstić information content (AvgIpc) is 2.80. The number of aliphatic hydroxyl groups excluding tert-OH is 3. The number of hydrogen-bond donors (Lipinski definition) is 3. The van der Waals surface area contributed by atoms with Crippen LogP contribution in [-0.4, -0.2) is 49.8 Å². The van der Waals surface area contributed by atoms with Crippen molar-refractivity contribution in [1.82, 2.24) is 9.55 Å². The van der Waals surface area contributed by atoms with Gasteiger partial charge in [0.25, 0.3) is 0 Å². The third-order valence-corrected chi connectivity index (χ3v) is 4.83. The lowest BCUT2D eigenvalue weighted by atomic mass is 10.0. The normalized spacial score (nSPS) is 29.2. The van der Waals surface area contributed by atoms with Crippen LogP contribution in [0.1, 0.15) is 6.23 Å². The first-order valence-corrected chi connectivity index (χ1v) is 7.74. The van der Waals surface area contributed by atoms with E-state index < -0.39 is 30.4 Å². The molecule has 2 heterocycles. The molecule has 0 amide bonds. The Bertz CT molecular complexity index is 744. The highest BCUT2D eigenvalue weighted by molar-refractivity contribution is 9.10. The van der Waals surface area contributed by atoms with E-state index in [0.29, 0.717) is 0 Å². The highest BCUT2D eigenvalue weighted by Crippen LogP contribution is 2.37. The maximum Gasteiger partial charge on any atom is 0.180 e. The summed E-state index contributed by atoms with van der Waals surface area (Å²) in [4.78, 5) is 3.99. The quantitative estimate of drug-likeness (QED) is 0.618. The molecule has 0 bridgehead atoms. The van der Waals surface area contributed by atoms with Crippen molar-refractivity contribution in [2.24, 2.45) is 0 Å². The number of ether oxygens (including phenoxy) is 1. The molecule has 1 unspecified atom stereocenters. The van der Waals surface area contributed by atoms with Crippen molar-refractivity contribution in [3.8, 4) is 0 Å². The highest BCUT2D eigenvalue weighted by atomic mass is 79.9. The van der Waals surface area contributed by atoms with Gasteiger partial charge in [-0.25, -0.2) is 9.37 Å². The van der Waals surface area contributed by atoms with Crippen molar-refractivity contribution in [1.29, 1.82) is 0 Å². The van der Waals surface area contributed by atoms with Gasteiger partial charge in [0.2, 0.25) is 0 Å². The smallest absolute Gasteiger partial charge is 0.180 e. The van der Waals surface area contributed by atoms with Crippen molar-refractivity contribution in [2.45, 2.75) is 24.5 Å². The van der Waals surface area contributed by atoms with Gasteiger partial charge in [-0.3, -0.25) is 4.57 Å². The Balaban J connectivity index is 2.17. The lowest BCUT2D eigenvalue weighted by molar-refractivity contribution is -0.210. The molecular formula is C12H10BrCl2FN2O4. The summed E-state index contributed by atoms with van der Waals surface area (Å²) in [6.45, 7) is -0.196. The molecule has 0 spiro atoms. The lowest BCUT2D eigenvalue weighted by Gasteiger charge is -2.36. The van der Waals surface area contributed by atoms with Gasteiger partial charge in [-0.2, -0.15) is 0 Å². The van der Waals surface area contributed by atoms with Crippen molar-refractivity contribution < 1.29 is 24.4 Å². The second-order valence-corrected chi connectivity index (χ2v) is 6.37. The van der Waals surface area contributed by atoms with Crippen LogP contribution in [0.5, 0.6) is 0 Å². The van der Waals surface area contributed by atoms with Crippen molar-refractivity contribution in [2.75, 3.05) is 6.61 Å². The molecule has 0 saturated carbocycles. The standard InChI is InChI=1S/C12H10BrCl2FN2O4/c13-12-17-8-4(1-3(14)6(15)7(8)16)18(12)11-10(21)9(20)5(19)2-22-11/h1,5,9-11,19-21H,2H2/t5-,9-,10-,11?/m1/s1. The summed E-state index contributed by atoms with van der Waals surface area (Å²) >= 11 is 14.8. The van der Waals surface area contributed by atoms with Crippen LogP contribution < -0.4 is 0 Å². The van der Waals surface area contributed by atoms with E-state index in [0.717, 1.165) is 0 Å². The number of benzene rings is 1. The zero-order chi connectivity index (χ0) is 16.2. The van der Waals surface area contributed by atoms with Crippen molar-refractivity contribution in [3.05, 3.63) is 26.7 Å². The summed E-state index contributed by atoms with van der Waals surface area (Å²) in [7, 11) is 0. The van der Waals surface area contributed by atoms with E-state index in [1.807, 2.05) is 0 Å². The van der Waals surface area contributed by atoms with Gasteiger partial charge in [-0.05, 0) is 22.0 Å². The fourth-order valence-electron chi connectivity index (χ4n) is 2.37. The number of aliphatic hydroxyl groups is 3. The molecule has 4 atom stereocenters. The molecule has 1 aliphatic heterocycles. The number of fused-ring (bicyclic) bond motifs is 1. The Kier molecular flexibility index (Phi) is 4.36. The molecule has 10 heteroatoms. The molecule has 0 aliphatic carbocycles. The number of rotatable bonds is 1. The van der Waals surface area contributed by atoms with E-state index in [4.69, 9.17) is 27.9 Å². The van der Waals surface area contributed by atoms with Crippen LogP contribution in [0.3, 0.4) is 0 Å². The Morgan fingerprint density at radius 2 is 2.00 bits per heavy atom. The van der Waals surface area contributed by atoms with Crippen molar-refractivity contribution >= 4 is 50.2 Å². The summed E-state index contributed by atoms with van der Waals surface area (Å²) in [5.41, 5.74) is 0.170. The van der Waals surface area contributed by atoms with Crippen molar-refractivity contribution in [3.63, 3.8) is 0 Å². The molecule has 120 valence electrons. The van der Waals surface area contributed by atoms with Gasteiger partial charge < -0.3 is 20.1 Å². The number of nitrogens with zero attached hydrogens (tertiary/aromatic N) is 2. The zero-order valence-corrected chi connectivity index (χ0v) is 13.8. The third kappa shape index (κ3) is 2.43. The molecule has 1 aromatic heterocycles. The van der Waals surface area contributed by atoms with Crippen LogP contribution in [0.25, 0.3) is 11.0 Å². The number of imidazole rings is 1. The van der Waals surface area contributed by atoms with Gasteiger partial charge in [0, 0.05) is 0 Å².